The highest BCUT2D eigenvalue weighted by Gasteiger charge is 2.27. The molecule has 1 heterocycles. The van der Waals surface area contributed by atoms with Gasteiger partial charge in [-0.3, -0.25) is 4.79 Å². The van der Waals surface area contributed by atoms with Crippen molar-refractivity contribution in [1.29, 1.82) is 0 Å². The summed E-state index contributed by atoms with van der Waals surface area (Å²) in [4.78, 5) is 24.7. The first-order valence-electron chi connectivity index (χ1n) is 7.01. The van der Waals surface area contributed by atoms with Crippen molar-refractivity contribution in [2.75, 3.05) is 26.2 Å². The normalized spacial score (nSPS) is 20.9. The van der Waals surface area contributed by atoms with E-state index in [-0.39, 0.29) is 18.4 Å². The topological polar surface area (TPSA) is 95.7 Å². The van der Waals surface area contributed by atoms with Crippen LogP contribution >= 0.6 is 0 Å². The first-order valence-corrected chi connectivity index (χ1v) is 7.01. The van der Waals surface area contributed by atoms with Crippen LogP contribution in [0.2, 0.25) is 0 Å². The maximum absolute atomic E-state index is 12.0. The van der Waals surface area contributed by atoms with Crippen molar-refractivity contribution in [2.45, 2.75) is 32.6 Å². The lowest BCUT2D eigenvalue weighted by Crippen LogP contribution is -2.47. The quantitative estimate of drug-likeness (QED) is 0.648. The molecule has 0 aromatic heterocycles. The van der Waals surface area contributed by atoms with Crippen molar-refractivity contribution in [2.24, 2.45) is 17.6 Å². The van der Waals surface area contributed by atoms with E-state index >= 15 is 0 Å². The lowest BCUT2D eigenvalue weighted by atomic mass is 9.96. The molecule has 0 bridgehead atoms. The maximum Gasteiger partial charge on any atom is 0.314 e. The van der Waals surface area contributed by atoms with E-state index in [9.17, 15) is 9.59 Å². The van der Waals surface area contributed by atoms with Gasteiger partial charge in [-0.2, -0.15) is 0 Å². The van der Waals surface area contributed by atoms with Gasteiger partial charge in [0, 0.05) is 26.2 Å². The van der Waals surface area contributed by atoms with Crippen LogP contribution in [0.3, 0.4) is 0 Å². The van der Waals surface area contributed by atoms with Gasteiger partial charge in [-0.05, 0) is 25.2 Å². The van der Waals surface area contributed by atoms with E-state index in [0.29, 0.717) is 32.0 Å². The summed E-state index contributed by atoms with van der Waals surface area (Å²) in [6.45, 7) is 3.83. The third-order valence-electron chi connectivity index (χ3n) is 3.78. The molecular weight excluding hydrogens is 246 g/mol. The molecule has 0 aliphatic carbocycles. The second-order valence-corrected chi connectivity index (χ2v) is 5.16. The Morgan fingerprint density at radius 2 is 2.26 bits per heavy atom. The van der Waals surface area contributed by atoms with Gasteiger partial charge in [0.2, 0.25) is 5.91 Å². The van der Waals surface area contributed by atoms with Gasteiger partial charge in [0.25, 0.3) is 0 Å². The number of nitrogens with one attached hydrogen (secondary N) is 1. The molecule has 0 aromatic carbocycles. The number of amides is 3. The van der Waals surface area contributed by atoms with Crippen LogP contribution in [0.15, 0.2) is 0 Å². The van der Waals surface area contributed by atoms with Gasteiger partial charge < -0.3 is 21.1 Å². The Kier molecular flexibility index (Phi) is 6.62. The van der Waals surface area contributed by atoms with E-state index in [1.807, 2.05) is 6.92 Å². The Morgan fingerprint density at radius 3 is 2.84 bits per heavy atom. The van der Waals surface area contributed by atoms with E-state index in [2.05, 4.69) is 5.32 Å². The number of nitrogens with two attached hydrogens (primary N) is 1. The molecular formula is C13H25N3O3. The molecule has 110 valence electrons. The van der Waals surface area contributed by atoms with Crippen LogP contribution in [0.4, 0.5) is 4.79 Å². The third-order valence-corrected chi connectivity index (χ3v) is 3.78. The summed E-state index contributed by atoms with van der Waals surface area (Å²) in [7, 11) is 0. The number of carbonyl (C=O) groups is 2. The summed E-state index contributed by atoms with van der Waals surface area (Å²) in [5.41, 5.74) is 5.24. The van der Waals surface area contributed by atoms with Crippen molar-refractivity contribution in [3.8, 4) is 0 Å². The summed E-state index contributed by atoms with van der Waals surface area (Å²) in [6, 6.07) is -0.454. The van der Waals surface area contributed by atoms with Crippen molar-refractivity contribution in [3.05, 3.63) is 0 Å². The first-order chi connectivity index (χ1) is 9.08. The number of nitrogens with zero attached hydrogens (tertiary/aromatic N) is 1. The summed E-state index contributed by atoms with van der Waals surface area (Å²) in [5.74, 6) is 0.139. The van der Waals surface area contributed by atoms with Crippen LogP contribution < -0.4 is 11.1 Å². The molecule has 1 fully saturated rings. The van der Waals surface area contributed by atoms with Crippen LogP contribution in [0.5, 0.6) is 0 Å². The molecule has 0 saturated carbocycles. The van der Waals surface area contributed by atoms with Gasteiger partial charge in [0.1, 0.15) is 0 Å². The minimum atomic E-state index is -0.454. The SMILES string of the molecule is CCC(CCO)CNC(=O)C1CCCN(C(N)=O)C1. The molecule has 1 aliphatic heterocycles. The average Bonchev–Trinajstić information content (AvgIpc) is 2.43. The Balaban J connectivity index is 2.38. The summed E-state index contributed by atoms with van der Waals surface area (Å²) < 4.78 is 0. The predicted octanol–water partition coefficient (Wildman–Crippen LogP) is 0.302. The van der Waals surface area contributed by atoms with Gasteiger partial charge in [-0.25, -0.2) is 4.79 Å². The molecule has 4 N–H and O–H groups in total. The molecule has 6 heteroatoms. The van der Waals surface area contributed by atoms with Crippen molar-refractivity contribution in [1.82, 2.24) is 10.2 Å². The number of likely N-dealkylation sites (tertiary alicyclic amines) is 1. The largest absolute Gasteiger partial charge is 0.396 e. The standard InChI is InChI=1S/C13H25N3O3/c1-2-10(5-7-17)8-15-12(18)11-4-3-6-16(9-11)13(14)19/h10-11,17H,2-9H2,1H3,(H2,14,19)(H,15,18). The first kappa shape index (κ1) is 15.8. The summed E-state index contributed by atoms with van der Waals surface area (Å²) >= 11 is 0. The zero-order valence-corrected chi connectivity index (χ0v) is 11.6. The highest BCUT2D eigenvalue weighted by atomic mass is 16.3. The second kappa shape index (κ2) is 7.99. The Hall–Kier alpha value is -1.30. The number of primary amides is 1. The average molecular weight is 271 g/mol. The second-order valence-electron chi connectivity index (χ2n) is 5.16. The van der Waals surface area contributed by atoms with Crippen LogP contribution in [0.1, 0.15) is 32.6 Å². The van der Waals surface area contributed by atoms with Crippen molar-refractivity contribution < 1.29 is 14.7 Å². The molecule has 19 heavy (non-hydrogen) atoms. The van der Waals surface area contributed by atoms with Crippen molar-refractivity contribution >= 4 is 11.9 Å². The smallest absolute Gasteiger partial charge is 0.314 e. The van der Waals surface area contributed by atoms with Crippen LogP contribution in [-0.2, 0) is 4.79 Å². The molecule has 2 unspecified atom stereocenters. The van der Waals surface area contributed by atoms with Crippen LogP contribution in [-0.4, -0.2) is 48.2 Å². The zero-order chi connectivity index (χ0) is 14.3. The number of rotatable bonds is 6. The number of hydrogen-bond acceptors (Lipinski definition) is 3. The van der Waals surface area contributed by atoms with Crippen LogP contribution in [0, 0.1) is 11.8 Å². The molecule has 1 rings (SSSR count). The Bertz CT molecular complexity index is 310. The number of aliphatic hydroxyl groups excluding tert-OH is 1. The molecule has 0 radical (unpaired) electrons. The number of urea groups is 1. The highest BCUT2D eigenvalue weighted by molar-refractivity contribution is 5.80. The zero-order valence-electron chi connectivity index (χ0n) is 11.6. The van der Waals surface area contributed by atoms with E-state index in [4.69, 9.17) is 10.8 Å². The van der Waals surface area contributed by atoms with Gasteiger partial charge >= 0.3 is 6.03 Å². The van der Waals surface area contributed by atoms with E-state index in [1.165, 1.54) is 4.90 Å². The van der Waals surface area contributed by atoms with E-state index in [0.717, 1.165) is 19.3 Å². The molecule has 1 saturated heterocycles. The number of carbonyl (C=O) groups excluding carboxylic acids is 2. The molecule has 1 aliphatic rings. The third kappa shape index (κ3) is 5.06. The fourth-order valence-corrected chi connectivity index (χ4v) is 2.41. The number of hydrogen-bond donors (Lipinski definition) is 3. The lowest BCUT2D eigenvalue weighted by molar-refractivity contribution is -0.126. The minimum absolute atomic E-state index is 0.0117. The highest BCUT2D eigenvalue weighted by Crippen LogP contribution is 2.16. The monoisotopic (exact) mass is 271 g/mol. The van der Waals surface area contributed by atoms with Crippen LogP contribution in [0.25, 0.3) is 0 Å². The predicted molar refractivity (Wildman–Crippen MR) is 72.4 cm³/mol. The lowest BCUT2D eigenvalue weighted by Gasteiger charge is -2.31. The fourth-order valence-electron chi connectivity index (χ4n) is 2.41. The summed E-state index contributed by atoms with van der Waals surface area (Å²) in [5, 5.41) is 11.8. The van der Waals surface area contributed by atoms with E-state index in [1.54, 1.807) is 0 Å². The van der Waals surface area contributed by atoms with Crippen molar-refractivity contribution in [3.63, 3.8) is 0 Å². The molecule has 6 nitrogen and oxygen atoms in total. The number of piperidine rings is 1. The van der Waals surface area contributed by atoms with Gasteiger partial charge in [0.05, 0.1) is 5.92 Å². The fraction of sp³-hybridized carbons (Fsp3) is 0.846. The van der Waals surface area contributed by atoms with Gasteiger partial charge in [0.15, 0.2) is 0 Å². The molecule has 0 spiro atoms. The number of aliphatic hydroxyl groups is 1. The van der Waals surface area contributed by atoms with Gasteiger partial charge in [-0.1, -0.05) is 13.3 Å². The van der Waals surface area contributed by atoms with Gasteiger partial charge in [-0.15, -0.1) is 0 Å². The minimum Gasteiger partial charge on any atom is -0.396 e. The molecule has 0 aromatic rings. The Labute approximate surface area is 114 Å². The molecule has 2 atom stereocenters. The Morgan fingerprint density at radius 1 is 1.53 bits per heavy atom. The summed E-state index contributed by atoms with van der Waals surface area (Å²) in [6.07, 6.45) is 3.25. The maximum atomic E-state index is 12.0. The molecule has 3 amide bonds. The van der Waals surface area contributed by atoms with E-state index < -0.39 is 6.03 Å².